The average molecular weight is 630 g/mol. The Bertz CT molecular complexity index is 1920. The number of fused-ring (bicyclic) bond motifs is 1. The number of nitrogens with zero attached hydrogens (tertiary/aromatic N) is 7. The van der Waals surface area contributed by atoms with Gasteiger partial charge in [0.05, 0.1) is 30.3 Å². The summed E-state index contributed by atoms with van der Waals surface area (Å²) in [6, 6.07) is 25.0. The molecule has 1 aliphatic rings. The van der Waals surface area contributed by atoms with Crippen LogP contribution in [0.25, 0.3) is 28.4 Å². The van der Waals surface area contributed by atoms with Gasteiger partial charge in [0.2, 0.25) is 5.91 Å². The lowest BCUT2D eigenvalue weighted by Crippen LogP contribution is -2.42. The summed E-state index contributed by atoms with van der Waals surface area (Å²) in [6.45, 7) is 2.26. The molecule has 4 heterocycles. The van der Waals surface area contributed by atoms with Gasteiger partial charge in [0, 0.05) is 36.8 Å². The van der Waals surface area contributed by atoms with Gasteiger partial charge in [-0.15, -0.1) is 0 Å². The Morgan fingerprint density at radius 2 is 1.66 bits per heavy atom. The monoisotopic (exact) mass is 629 g/mol. The van der Waals surface area contributed by atoms with Crippen molar-refractivity contribution in [1.82, 2.24) is 39.6 Å². The highest BCUT2D eigenvalue weighted by molar-refractivity contribution is 5.84. The summed E-state index contributed by atoms with van der Waals surface area (Å²) in [5.74, 6) is 0.619. The van der Waals surface area contributed by atoms with Gasteiger partial charge in [-0.3, -0.25) is 9.78 Å². The zero-order valence-electron chi connectivity index (χ0n) is 25.8. The van der Waals surface area contributed by atoms with Crippen LogP contribution in [-0.4, -0.2) is 75.2 Å². The van der Waals surface area contributed by atoms with E-state index in [0.717, 1.165) is 22.4 Å². The van der Waals surface area contributed by atoms with Gasteiger partial charge in [-0.2, -0.15) is 15.1 Å². The first-order valence-electron chi connectivity index (χ1n) is 15.7. The maximum atomic E-state index is 12.1. The van der Waals surface area contributed by atoms with Gasteiger partial charge < -0.3 is 25.4 Å². The van der Waals surface area contributed by atoms with E-state index in [1.165, 1.54) is 0 Å². The number of carbonyl (C=O) groups is 1. The van der Waals surface area contributed by atoms with Crippen molar-refractivity contribution < 1.29 is 15.0 Å². The van der Waals surface area contributed by atoms with Crippen molar-refractivity contribution in [2.75, 3.05) is 11.9 Å². The second-order valence-electron chi connectivity index (χ2n) is 11.7. The van der Waals surface area contributed by atoms with E-state index in [-0.39, 0.29) is 18.2 Å². The standard InChI is InChI=1S/C35H35N9O3/c1-2-29(45)40-27-17-28(32(47)31(27)46)43-21-38-30-33(37-19-25(22-11-5-3-6-12-22)23-13-7-4-8-14-23)41-35(42-34(30)43)44-20-24(18-39-44)26-15-9-10-16-36-26/h3-16,18,20-21,25,27-28,31-32,46-47H,2,17,19H2,1H3,(H,40,45)(H,37,41,42)/t27-,28+,31+,32-/m0/s1. The Balaban J connectivity index is 1.29. The van der Waals surface area contributed by atoms with Crippen molar-refractivity contribution in [3.63, 3.8) is 0 Å². The third kappa shape index (κ3) is 6.08. The first kappa shape index (κ1) is 30.2. The molecule has 4 N–H and O–H groups in total. The fourth-order valence-corrected chi connectivity index (χ4v) is 6.20. The van der Waals surface area contributed by atoms with Crippen LogP contribution in [0.15, 0.2) is 104 Å². The molecular weight excluding hydrogens is 594 g/mol. The lowest BCUT2D eigenvalue weighted by molar-refractivity contribution is -0.122. The quantitative estimate of drug-likeness (QED) is 0.177. The van der Waals surface area contributed by atoms with Crippen molar-refractivity contribution in [3.05, 3.63) is 115 Å². The first-order chi connectivity index (χ1) is 23.0. The molecule has 4 aromatic heterocycles. The van der Waals surface area contributed by atoms with Crippen LogP contribution in [0.5, 0.6) is 0 Å². The average Bonchev–Trinajstić information content (AvgIpc) is 3.85. The lowest BCUT2D eigenvalue weighted by Gasteiger charge is -2.20. The molecule has 2 aromatic carbocycles. The zero-order chi connectivity index (χ0) is 32.3. The molecule has 1 fully saturated rings. The molecule has 238 valence electrons. The normalized spacial score (nSPS) is 19.3. The van der Waals surface area contributed by atoms with Crippen molar-refractivity contribution in [2.45, 2.75) is 50.0 Å². The molecule has 0 bridgehead atoms. The maximum absolute atomic E-state index is 12.1. The number of hydrogen-bond donors (Lipinski definition) is 4. The molecular formula is C35H35N9O3. The van der Waals surface area contributed by atoms with Crippen LogP contribution < -0.4 is 10.6 Å². The minimum atomic E-state index is -1.15. The molecule has 47 heavy (non-hydrogen) atoms. The van der Waals surface area contributed by atoms with Gasteiger partial charge in [-0.1, -0.05) is 73.7 Å². The summed E-state index contributed by atoms with van der Waals surface area (Å²) >= 11 is 0. The third-order valence-electron chi connectivity index (χ3n) is 8.71. The van der Waals surface area contributed by atoms with Gasteiger partial charge >= 0.3 is 0 Å². The molecule has 6 aromatic rings. The van der Waals surface area contributed by atoms with Crippen molar-refractivity contribution >= 4 is 22.9 Å². The van der Waals surface area contributed by atoms with Crippen molar-refractivity contribution in [1.29, 1.82) is 0 Å². The lowest BCUT2D eigenvalue weighted by atomic mass is 9.91. The number of rotatable bonds is 10. The molecule has 4 atom stereocenters. The van der Waals surface area contributed by atoms with Crippen LogP contribution in [0.4, 0.5) is 5.82 Å². The van der Waals surface area contributed by atoms with Crippen molar-refractivity contribution in [3.8, 4) is 17.2 Å². The van der Waals surface area contributed by atoms with E-state index in [9.17, 15) is 15.0 Å². The van der Waals surface area contributed by atoms with Crippen LogP contribution in [0.2, 0.25) is 0 Å². The number of benzene rings is 2. The highest BCUT2D eigenvalue weighted by Crippen LogP contribution is 2.35. The maximum Gasteiger partial charge on any atom is 0.254 e. The molecule has 1 aliphatic carbocycles. The Labute approximate surface area is 271 Å². The van der Waals surface area contributed by atoms with E-state index in [1.54, 1.807) is 34.9 Å². The van der Waals surface area contributed by atoms with E-state index < -0.39 is 24.3 Å². The highest BCUT2D eigenvalue weighted by atomic mass is 16.3. The summed E-state index contributed by atoms with van der Waals surface area (Å²) in [7, 11) is 0. The molecule has 0 unspecified atom stereocenters. The summed E-state index contributed by atoms with van der Waals surface area (Å²) in [4.78, 5) is 31.0. The molecule has 0 aliphatic heterocycles. The number of nitrogens with one attached hydrogen (secondary N) is 2. The summed E-state index contributed by atoms with van der Waals surface area (Å²) in [5, 5.41) is 32.9. The number of pyridine rings is 1. The number of carbonyl (C=O) groups excluding carboxylic acids is 1. The van der Waals surface area contributed by atoms with E-state index >= 15 is 0 Å². The summed E-state index contributed by atoms with van der Waals surface area (Å²) in [6.07, 6.45) is 5.14. The smallest absolute Gasteiger partial charge is 0.254 e. The van der Waals surface area contributed by atoms with E-state index in [4.69, 9.17) is 15.0 Å². The summed E-state index contributed by atoms with van der Waals surface area (Å²) in [5.41, 5.74) is 4.83. The largest absolute Gasteiger partial charge is 0.388 e. The van der Waals surface area contributed by atoms with Crippen LogP contribution >= 0.6 is 0 Å². The number of anilines is 1. The number of hydrogen-bond acceptors (Lipinski definition) is 9. The molecule has 1 amide bonds. The minimum Gasteiger partial charge on any atom is -0.388 e. The van der Waals surface area contributed by atoms with Gasteiger partial charge in [0.15, 0.2) is 17.0 Å². The Hall–Kier alpha value is -5.46. The second-order valence-corrected chi connectivity index (χ2v) is 11.7. The topological polar surface area (TPSA) is 156 Å². The number of imidazole rings is 1. The molecule has 12 nitrogen and oxygen atoms in total. The first-order valence-corrected chi connectivity index (χ1v) is 15.7. The van der Waals surface area contributed by atoms with Crippen molar-refractivity contribution in [2.24, 2.45) is 0 Å². The van der Waals surface area contributed by atoms with E-state index in [0.29, 0.717) is 35.9 Å². The van der Waals surface area contributed by atoms with Gasteiger partial charge in [-0.05, 0) is 29.7 Å². The van der Waals surface area contributed by atoms with E-state index in [2.05, 4.69) is 45.0 Å². The van der Waals surface area contributed by atoms with Gasteiger partial charge in [0.1, 0.15) is 12.2 Å². The fourth-order valence-electron chi connectivity index (χ4n) is 6.20. The minimum absolute atomic E-state index is 0.0168. The Kier molecular flexibility index (Phi) is 8.42. The zero-order valence-corrected chi connectivity index (χ0v) is 25.8. The molecule has 0 saturated heterocycles. The van der Waals surface area contributed by atoms with Crippen LogP contribution in [0.3, 0.4) is 0 Å². The Morgan fingerprint density at radius 1 is 0.936 bits per heavy atom. The highest BCUT2D eigenvalue weighted by Gasteiger charge is 2.43. The number of aliphatic hydroxyl groups is 2. The number of aliphatic hydroxyl groups excluding tert-OH is 2. The predicted molar refractivity (Wildman–Crippen MR) is 177 cm³/mol. The molecule has 7 rings (SSSR count). The summed E-state index contributed by atoms with van der Waals surface area (Å²) < 4.78 is 3.34. The second kappa shape index (κ2) is 13.1. The molecule has 0 radical (unpaired) electrons. The number of amides is 1. The molecule has 1 saturated carbocycles. The molecule has 0 spiro atoms. The van der Waals surface area contributed by atoms with Crippen LogP contribution in [0, 0.1) is 0 Å². The molecule has 12 heteroatoms. The predicted octanol–water partition coefficient (Wildman–Crippen LogP) is 3.88. The van der Waals surface area contributed by atoms with Crippen LogP contribution in [-0.2, 0) is 4.79 Å². The Morgan fingerprint density at radius 3 is 2.34 bits per heavy atom. The van der Waals surface area contributed by atoms with E-state index in [1.807, 2.05) is 60.8 Å². The van der Waals surface area contributed by atoms with Gasteiger partial charge in [0.25, 0.3) is 5.95 Å². The number of aromatic nitrogens is 7. The fraction of sp³-hybridized carbons (Fsp3) is 0.257. The van der Waals surface area contributed by atoms with Crippen LogP contribution in [0.1, 0.15) is 42.9 Å². The van der Waals surface area contributed by atoms with Gasteiger partial charge in [-0.25, -0.2) is 9.67 Å². The third-order valence-corrected chi connectivity index (χ3v) is 8.71. The SMILES string of the molecule is CCC(=O)N[C@H]1C[C@@H](n2cnc3c(NCC(c4ccccc4)c4ccccc4)nc(-n4cc(-c5ccccn5)cn4)nc32)[C@H](O)[C@@H]1O.